The van der Waals surface area contributed by atoms with Crippen LogP contribution in [0.3, 0.4) is 0 Å². The Morgan fingerprint density at radius 3 is 2.54 bits per heavy atom. The van der Waals surface area contributed by atoms with E-state index >= 15 is 0 Å². The summed E-state index contributed by atoms with van der Waals surface area (Å²) in [4.78, 5) is 17.0. The van der Waals surface area contributed by atoms with Crippen molar-refractivity contribution in [2.24, 2.45) is 5.73 Å². The Bertz CT molecular complexity index is 745. The third-order valence-electron chi connectivity index (χ3n) is 4.98. The van der Waals surface area contributed by atoms with Crippen molar-refractivity contribution in [2.75, 3.05) is 31.6 Å². The number of anilines is 1. The van der Waals surface area contributed by atoms with E-state index in [4.69, 9.17) is 10.5 Å². The average Bonchev–Trinajstić information content (AvgIpc) is 2.66. The van der Waals surface area contributed by atoms with Gasteiger partial charge in [0.15, 0.2) is 0 Å². The minimum atomic E-state index is -0.149. The monoisotopic (exact) mass is 353 g/mol. The fourth-order valence-corrected chi connectivity index (χ4v) is 3.43. The molecule has 1 saturated heterocycles. The quantitative estimate of drug-likeness (QED) is 0.867. The van der Waals surface area contributed by atoms with E-state index in [0.717, 1.165) is 30.9 Å². The normalized spacial score (nSPS) is 18.2. The van der Waals surface area contributed by atoms with Gasteiger partial charge in [-0.1, -0.05) is 24.3 Å². The maximum Gasteiger partial charge on any atom is 0.244 e. The molecule has 0 aromatic heterocycles. The second-order valence-corrected chi connectivity index (χ2v) is 6.69. The van der Waals surface area contributed by atoms with E-state index in [1.807, 2.05) is 36.1 Å². The first-order valence-electron chi connectivity index (χ1n) is 9.09. The molecule has 1 aliphatic heterocycles. The number of piperazine rings is 1. The highest BCUT2D eigenvalue weighted by molar-refractivity contribution is 5.97. The van der Waals surface area contributed by atoms with Crippen molar-refractivity contribution in [3.63, 3.8) is 0 Å². The summed E-state index contributed by atoms with van der Waals surface area (Å²) in [7, 11) is 1.64. The number of methoxy groups -OCH3 is 1. The van der Waals surface area contributed by atoms with Gasteiger partial charge in [0.25, 0.3) is 0 Å². The van der Waals surface area contributed by atoms with Crippen molar-refractivity contribution in [1.82, 2.24) is 4.90 Å². The molecule has 2 N–H and O–H groups in total. The van der Waals surface area contributed by atoms with Crippen LogP contribution in [0.25, 0.3) is 0 Å². The summed E-state index contributed by atoms with van der Waals surface area (Å²) in [5, 5.41) is 0. The number of nitrogens with zero attached hydrogens (tertiary/aromatic N) is 2. The van der Waals surface area contributed by atoms with Crippen molar-refractivity contribution < 1.29 is 9.53 Å². The molecule has 5 heteroatoms. The molecule has 0 aliphatic carbocycles. The van der Waals surface area contributed by atoms with Crippen LogP contribution in [0.15, 0.2) is 48.5 Å². The van der Waals surface area contributed by atoms with Crippen LogP contribution in [0.2, 0.25) is 0 Å². The third kappa shape index (κ3) is 4.06. The second-order valence-electron chi connectivity index (χ2n) is 6.69. The zero-order valence-electron chi connectivity index (χ0n) is 15.5. The van der Waals surface area contributed by atoms with E-state index in [9.17, 15) is 4.79 Å². The molecule has 0 radical (unpaired) electrons. The Labute approximate surface area is 155 Å². The zero-order chi connectivity index (χ0) is 18.5. The van der Waals surface area contributed by atoms with E-state index < -0.39 is 0 Å². The van der Waals surface area contributed by atoms with Crippen molar-refractivity contribution in [3.05, 3.63) is 59.7 Å². The van der Waals surface area contributed by atoms with Gasteiger partial charge in [-0.3, -0.25) is 9.69 Å². The van der Waals surface area contributed by atoms with E-state index in [1.54, 1.807) is 7.11 Å². The number of amides is 1. The average molecular weight is 353 g/mol. The van der Waals surface area contributed by atoms with Crippen molar-refractivity contribution in [1.29, 1.82) is 0 Å². The lowest BCUT2D eigenvalue weighted by Gasteiger charge is -2.39. The molecule has 1 aliphatic rings. The van der Waals surface area contributed by atoms with Crippen LogP contribution < -0.4 is 15.4 Å². The number of hydrogen-bond donors (Lipinski definition) is 1. The van der Waals surface area contributed by atoms with Crippen LogP contribution in [-0.4, -0.2) is 43.6 Å². The Hall–Kier alpha value is -2.37. The van der Waals surface area contributed by atoms with Gasteiger partial charge in [0.05, 0.1) is 13.2 Å². The minimum Gasteiger partial charge on any atom is -0.497 e. The Morgan fingerprint density at radius 1 is 1.12 bits per heavy atom. The van der Waals surface area contributed by atoms with Crippen molar-refractivity contribution in [2.45, 2.75) is 25.9 Å². The number of ether oxygens (including phenoxy) is 1. The van der Waals surface area contributed by atoms with Gasteiger partial charge in [0, 0.05) is 25.3 Å². The summed E-state index contributed by atoms with van der Waals surface area (Å²) in [6, 6.07) is 16.0. The van der Waals surface area contributed by atoms with E-state index in [2.05, 4.69) is 29.2 Å². The molecule has 1 fully saturated rings. The molecule has 2 aromatic carbocycles. The van der Waals surface area contributed by atoms with Crippen LogP contribution in [0.5, 0.6) is 5.75 Å². The van der Waals surface area contributed by atoms with Crippen molar-refractivity contribution in [3.8, 4) is 5.75 Å². The molecule has 0 bridgehead atoms. The first-order chi connectivity index (χ1) is 12.6. The summed E-state index contributed by atoms with van der Waals surface area (Å²) < 4.78 is 5.20. The van der Waals surface area contributed by atoms with Gasteiger partial charge in [-0.25, -0.2) is 0 Å². The van der Waals surface area contributed by atoms with Crippen LogP contribution in [0.4, 0.5) is 5.69 Å². The topological polar surface area (TPSA) is 58.8 Å². The Morgan fingerprint density at radius 2 is 1.85 bits per heavy atom. The lowest BCUT2D eigenvalue weighted by Crippen LogP contribution is -2.55. The van der Waals surface area contributed by atoms with Gasteiger partial charge in [-0.15, -0.1) is 0 Å². The van der Waals surface area contributed by atoms with Gasteiger partial charge in [-0.05, 0) is 55.3 Å². The number of carbonyl (C=O) groups is 1. The summed E-state index contributed by atoms with van der Waals surface area (Å²) in [6.45, 7) is 4.96. The highest BCUT2D eigenvalue weighted by Crippen LogP contribution is 2.24. The molecule has 1 atom stereocenters. The molecule has 0 saturated carbocycles. The van der Waals surface area contributed by atoms with Gasteiger partial charge >= 0.3 is 0 Å². The first kappa shape index (κ1) is 18.4. The van der Waals surface area contributed by atoms with Gasteiger partial charge in [0.2, 0.25) is 5.91 Å². The molecule has 1 amide bonds. The van der Waals surface area contributed by atoms with Crippen LogP contribution in [0, 0.1) is 0 Å². The molecule has 138 valence electrons. The molecule has 1 unspecified atom stereocenters. The van der Waals surface area contributed by atoms with Gasteiger partial charge in [-0.2, -0.15) is 0 Å². The lowest BCUT2D eigenvalue weighted by atomic mass is 10.1. The number of rotatable bonds is 6. The highest BCUT2D eigenvalue weighted by Gasteiger charge is 2.32. The maximum atomic E-state index is 12.9. The van der Waals surface area contributed by atoms with E-state index in [-0.39, 0.29) is 11.9 Å². The predicted octanol–water partition coefficient (Wildman–Crippen LogP) is 2.43. The molecule has 2 aromatic rings. The fourth-order valence-electron chi connectivity index (χ4n) is 3.43. The summed E-state index contributed by atoms with van der Waals surface area (Å²) >= 11 is 0. The number of benzene rings is 2. The largest absolute Gasteiger partial charge is 0.497 e. The summed E-state index contributed by atoms with van der Waals surface area (Å²) in [5.41, 5.74) is 9.06. The first-order valence-corrected chi connectivity index (χ1v) is 9.09. The Balaban J connectivity index is 1.68. The van der Waals surface area contributed by atoms with Crippen molar-refractivity contribution >= 4 is 11.6 Å². The SMILES string of the molecule is COc1ccc(N2CCN(Cc3cccc(CCN)c3)C(C)C2=O)cc1. The summed E-state index contributed by atoms with van der Waals surface area (Å²) in [6.07, 6.45) is 0.883. The Kier molecular flexibility index (Phi) is 5.91. The maximum absolute atomic E-state index is 12.9. The van der Waals surface area contributed by atoms with Gasteiger partial charge < -0.3 is 15.4 Å². The number of hydrogen-bond acceptors (Lipinski definition) is 4. The third-order valence-corrected chi connectivity index (χ3v) is 4.98. The smallest absolute Gasteiger partial charge is 0.244 e. The molecule has 1 heterocycles. The predicted molar refractivity (Wildman–Crippen MR) is 104 cm³/mol. The zero-order valence-corrected chi connectivity index (χ0v) is 15.5. The number of carbonyl (C=O) groups excluding carboxylic acids is 1. The minimum absolute atomic E-state index is 0.138. The van der Waals surface area contributed by atoms with Gasteiger partial charge in [0.1, 0.15) is 5.75 Å². The van der Waals surface area contributed by atoms with Crippen LogP contribution in [0.1, 0.15) is 18.1 Å². The molecular weight excluding hydrogens is 326 g/mol. The fraction of sp³-hybridized carbons (Fsp3) is 0.381. The summed E-state index contributed by atoms with van der Waals surface area (Å²) in [5.74, 6) is 0.935. The molecule has 5 nitrogen and oxygen atoms in total. The standard InChI is InChI=1S/C21H27N3O2/c1-16-21(25)24(19-6-8-20(26-2)9-7-19)13-12-23(16)15-18-5-3-4-17(14-18)10-11-22/h3-9,14,16H,10-13,15,22H2,1-2H3. The van der Waals surface area contributed by atoms with E-state index in [1.165, 1.54) is 11.1 Å². The molecule has 26 heavy (non-hydrogen) atoms. The molecule has 3 rings (SSSR count). The van der Waals surface area contributed by atoms with Crippen LogP contribution in [-0.2, 0) is 17.8 Å². The van der Waals surface area contributed by atoms with E-state index in [0.29, 0.717) is 13.1 Å². The number of nitrogens with two attached hydrogens (primary N) is 1. The highest BCUT2D eigenvalue weighted by atomic mass is 16.5. The lowest BCUT2D eigenvalue weighted by molar-refractivity contribution is -0.125. The second kappa shape index (κ2) is 8.34. The molecular formula is C21H27N3O2. The van der Waals surface area contributed by atoms with Crippen LogP contribution >= 0.6 is 0 Å². The molecule has 0 spiro atoms.